The van der Waals surface area contributed by atoms with Crippen LogP contribution in [0.1, 0.15) is 20.8 Å². The Kier molecular flexibility index (Phi) is 9.47. The molecule has 4 atom stereocenters. The molecule has 0 aromatic carbocycles. The lowest BCUT2D eigenvalue weighted by Crippen LogP contribution is -2.69. The van der Waals surface area contributed by atoms with Crippen LogP contribution in [0, 0.1) is 5.92 Å². The SMILES string of the molecule is COCO[C@H]1[C@H](OCOC)[C@H](NC(=O)C(F)(F)F)N(C(=O)OC(C)(C)C)C[C@@H]1C(=O)O. The van der Waals surface area contributed by atoms with Crippen molar-refractivity contribution >= 4 is 18.0 Å². The molecule has 1 aliphatic rings. The van der Waals surface area contributed by atoms with Crippen LogP contribution in [-0.4, -0.2) is 92.5 Å². The monoisotopic (exact) mass is 460 g/mol. The number of nitrogens with one attached hydrogen (secondary N) is 1. The van der Waals surface area contributed by atoms with Gasteiger partial charge in [0.2, 0.25) is 0 Å². The predicted molar refractivity (Wildman–Crippen MR) is 95.5 cm³/mol. The van der Waals surface area contributed by atoms with E-state index in [4.69, 9.17) is 23.7 Å². The van der Waals surface area contributed by atoms with Crippen molar-refractivity contribution in [3.05, 3.63) is 0 Å². The number of carboxylic acid groups (broad SMARTS) is 1. The summed E-state index contributed by atoms with van der Waals surface area (Å²) in [6.45, 7) is 2.98. The molecule has 1 saturated heterocycles. The first kappa shape index (κ1) is 26.9. The number of methoxy groups -OCH3 is 2. The van der Waals surface area contributed by atoms with Crippen LogP contribution in [0.4, 0.5) is 18.0 Å². The summed E-state index contributed by atoms with van der Waals surface area (Å²) in [6.07, 6.45) is -11.2. The summed E-state index contributed by atoms with van der Waals surface area (Å²) in [5.74, 6) is -5.22. The van der Waals surface area contributed by atoms with E-state index in [2.05, 4.69) is 0 Å². The summed E-state index contributed by atoms with van der Waals surface area (Å²) in [4.78, 5) is 36.8. The largest absolute Gasteiger partial charge is 0.481 e. The molecule has 0 radical (unpaired) electrons. The Morgan fingerprint density at radius 2 is 1.55 bits per heavy atom. The quantitative estimate of drug-likeness (QED) is 0.507. The molecule has 0 spiro atoms. The minimum absolute atomic E-state index is 0.423. The molecule has 2 N–H and O–H groups in total. The van der Waals surface area contributed by atoms with Crippen LogP contribution in [0.3, 0.4) is 0 Å². The van der Waals surface area contributed by atoms with Gasteiger partial charge in [0.1, 0.15) is 43.5 Å². The molecular formula is C17H27F3N2O9. The zero-order chi connectivity index (χ0) is 24.0. The molecular weight excluding hydrogens is 433 g/mol. The normalized spacial score (nSPS) is 24.6. The molecule has 1 fully saturated rings. The Bertz CT molecular complexity index is 639. The lowest BCUT2D eigenvalue weighted by atomic mass is 9.90. The van der Waals surface area contributed by atoms with Gasteiger partial charge in [-0.3, -0.25) is 14.5 Å². The van der Waals surface area contributed by atoms with Crippen LogP contribution in [-0.2, 0) is 33.3 Å². The molecule has 0 aromatic rings. The molecule has 1 heterocycles. The number of carboxylic acids is 1. The van der Waals surface area contributed by atoms with Crippen molar-refractivity contribution in [2.75, 3.05) is 34.4 Å². The molecule has 11 nitrogen and oxygen atoms in total. The van der Waals surface area contributed by atoms with Crippen LogP contribution >= 0.6 is 0 Å². The number of aliphatic carboxylic acids is 1. The van der Waals surface area contributed by atoms with E-state index in [0.29, 0.717) is 4.90 Å². The predicted octanol–water partition coefficient (Wildman–Crippen LogP) is 0.921. The summed E-state index contributed by atoms with van der Waals surface area (Å²) < 4.78 is 64.2. The topological polar surface area (TPSA) is 133 Å². The number of piperidine rings is 1. The summed E-state index contributed by atoms with van der Waals surface area (Å²) in [5, 5.41) is 11.3. The van der Waals surface area contributed by atoms with Crippen LogP contribution < -0.4 is 5.32 Å². The van der Waals surface area contributed by atoms with E-state index in [1.165, 1.54) is 35.0 Å². The lowest BCUT2D eigenvalue weighted by molar-refractivity contribution is -0.219. The van der Waals surface area contributed by atoms with Gasteiger partial charge >= 0.3 is 24.1 Å². The van der Waals surface area contributed by atoms with Gasteiger partial charge < -0.3 is 34.1 Å². The maximum absolute atomic E-state index is 12.9. The van der Waals surface area contributed by atoms with Gasteiger partial charge in [-0.1, -0.05) is 0 Å². The third-order valence-corrected chi connectivity index (χ3v) is 4.00. The number of hydrogen-bond acceptors (Lipinski definition) is 8. The van der Waals surface area contributed by atoms with Crippen molar-refractivity contribution in [3.63, 3.8) is 0 Å². The molecule has 0 aliphatic carbocycles. The van der Waals surface area contributed by atoms with Crippen molar-refractivity contribution in [1.82, 2.24) is 10.2 Å². The molecule has 0 aromatic heterocycles. The van der Waals surface area contributed by atoms with Gasteiger partial charge in [-0.15, -0.1) is 0 Å². The Labute approximate surface area is 176 Å². The van der Waals surface area contributed by atoms with Crippen molar-refractivity contribution in [3.8, 4) is 0 Å². The summed E-state index contributed by atoms with van der Waals surface area (Å²) in [6, 6.07) is 0. The van der Waals surface area contributed by atoms with E-state index in [0.717, 1.165) is 0 Å². The van der Waals surface area contributed by atoms with Gasteiger partial charge in [-0.05, 0) is 20.8 Å². The smallest absolute Gasteiger partial charge is 0.471 e. The van der Waals surface area contributed by atoms with Gasteiger partial charge in [0.25, 0.3) is 0 Å². The highest BCUT2D eigenvalue weighted by molar-refractivity contribution is 5.83. The lowest BCUT2D eigenvalue weighted by Gasteiger charge is -2.47. The number of amides is 2. The van der Waals surface area contributed by atoms with Crippen LogP contribution in [0.2, 0.25) is 0 Å². The number of hydrogen-bond donors (Lipinski definition) is 2. The fourth-order valence-electron chi connectivity index (χ4n) is 2.81. The average molecular weight is 460 g/mol. The number of carbonyl (C=O) groups excluding carboxylic acids is 2. The van der Waals surface area contributed by atoms with Crippen molar-refractivity contribution in [2.45, 2.75) is 50.9 Å². The molecule has 14 heteroatoms. The maximum atomic E-state index is 12.9. The highest BCUT2D eigenvalue weighted by atomic mass is 19.4. The number of alkyl halides is 3. The van der Waals surface area contributed by atoms with E-state index < -0.39 is 74.2 Å². The van der Waals surface area contributed by atoms with Gasteiger partial charge in [0.05, 0.1) is 0 Å². The number of halogens is 3. The van der Waals surface area contributed by atoms with Crippen molar-refractivity contribution in [1.29, 1.82) is 0 Å². The van der Waals surface area contributed by atoms with E-state index in [9.17, 15) is 32.7 Å². The number of rotatable bonds is 8. The zero-order valence-corrected chi connectivity index (χ0v) is 17.7. The first-order valence-corrected chi connectivity index (χ1v) is 9.04. The fraction of sp³-hybridized carbons (Fsp3) is 0.824. The number of ether oxygens (including phenoxy) is 5. The molecule has 180 valence electrons. The highest BCUT2D eigenvalue weighted by Crippen LogP contribution is 2.30. The van der Waals surface area contributed by atoms with Gasteiger partial charge in [-0.25, -0.2) is 4.79 Å². The molecule has 2 amide bonds. The van der Waals surface area contributed by atoms with E-state index in [-0.39, 0.29) is 0 Å². The van der Waals surface area contributed by atoms with E-state index in [1.54, 1.807) is 5.32 Å². The summed E-state index contributed by atoms with van der Waals surface area (Å²) >= 11 is 0. The second-order valence-corrected chi connectivity index (χ2v) is 7.57. The molecule has 1 aliphatic heterocycles. The standard InChI is InChI=1S/C17H27F3N2O9/c1-16(2,3)31-15(26)22-6-9(13(23)24)10(29-7-27-4)11(30-8-28-5)12(22)21-14(25)17(18,19)20/h9-12H,6-8H2,1-5H3,(H,21,25)(H,23,24)/t9-,10+,11-,12+/m0/s1. The zero-order valence-electron chi connectivity index (χ0n) is 17.7. The minimum Gasteiger partial charge on any atom is -0.481 e. The Balaban J connectivity index is 3.43. The summed E-state index contributed by atoms with van der Waals surface area (Å²) in [5.41, 5.74) is -1.05. The van der Waals surface area contributed by atoms with E-state index in [1.807, 2.05) is 0 Å². The molecule has 0 bridgehead atoms. The third-order valence-electron chi connectivity index (χ3n) is 4.00. The van der Waals surface area contributed by atoms with Crippen LogP contribution in [0.15, 0.2) is 0 Å². The first-order valence-electron chi connectivity index (χ1n) is 9.04. The number of carbonyl (C=O) groups is 3. The van der Waals surface area contributed by atoms with Gasteiger partial charge in [0.15, 0.2) is 0 Å². The second kappa shape index (κ2) is 10.9. The Hall–Kier alpha value is -2.16. The first-order chi connectivity index (χ1) is 14.2. The van der Waals surface area contributed by atoms with Gasteiger partial charge in [0, 0.05) is 20.8 Å². The van der Waals surface area contributed by atoms with Crippen LogP contribution in [0.5, 0.6) is 0 Å². The summed E-state index contributed by atoms with van der Waals surface area (Å²) in [7, 11) is 2.47. The fourth-order valence-corrected chi connectivity index (χ4v) is 2.81. The number of likely N-dealkylation sites (tertiary alicyclic amines) is 1. The average Bonchev–Trinajstić information content (AvgIpc) is 2.62. The maximum Gasteiger partial charge on any atom is 0.471 e. The Morgan fingerprint density at radius 3 is 1.97 bits per heavy atom. The number of nitrogens with zero attached hydrogens (tertiary/aromatic N) is 1. The van der Waals surface area contributed by atoms with Crippen LogP contribution in [0.25, 0.3) is 0 Å². The van der Waals surface area contributed by atoms with Crippen molar-refractivity contribution in [2.24, 2.45) is 5.92 Å². The molecule has 31 heavy (non-hydrogen) atoms. The second-order valence-electron chi connectivity index (χ2n) is 7.57. The minimum atomic E-state index is -5.28. The molecule has 0 unspecified atom stereocenters. The van der Waals surface area contributed by atoms with Gasteiger partial charge in [-0.2, -0.15) is 13.2 Å². The van der Waals surface area contributed by atoms with E-state index >= 15 is 0 Å². The third kappa shape index (κ3) is 7.79. The Morgan fingerprint density at radius 1 is 1.03 bits per heavy atom. The highest BCUT2D eigenvalue weighted by Gasteiger charge is 2.53. The van der Waals surface area contributed by atoms with Crippen molar-refractivity contribution < 1.29 is 56.3 Å². The molecule has 1 rings (SSSR count). The molecule has 0 saturated carbocycles.